The van der Waals surface area contributed by atoms with Crippen molar-refractivity contribution in [2.24, 2.45) is 0 Å². The van der Waals surface area contributed by atoms with Gasteiger partial charge in [-0.3, -0.25) is 14.9 Å². The van der Waals surface area contributed by atoms with Gasteiger partial charge in [0.25, 0.3) is 5.69 Å². The lowest BCUT2D eigenvalue weighted by Gasteiger charge is -2.10. The Labute approximate surface area is 108 Å². The Hall–Kier alpha value is -1.44. The second-order valence-corrected chi connectivity index (χ2v) is 4.42. The normalized spacial score (nSPS) is 13.2. The Balaban J connectivity index is 3.37. The van der Waals surface area contributed by atoms with E-state index in [1.165, 1.54) is 6.92 Å². The molecule has 0 aliphatic heterocycles. The largest absolute Gasteiger partial charge is 0.422 e. The molecular formula is C10H7BrF3NO3. The summed E-state index contributed by atoms with van der Waals surface area (Å²) in [6, 6.07) is 2.39. The Bertz CT molecular complexity index is 502. The van der Waals surface area contributed by atoms with E-state index in [4.69, 9.17) is 0 Å². The van der Waals surface area contributed by atoms with Gasteiger partial charge in [0.05, 0.1) is 9.75 Å². The van der Waals surface area contributed by atoms with Gasteiger partial charge in [0.2, 0.25) is 0 Å². The van der Waals surface area contributed by atoms with Crippen molar-refractivity contribution in [1.82, 2.24) is 0 Å². The Morgan fingerprint density at radius 3 is 2.39 bits per heavy atom. The first-order chi connectivity index (χ1) is 8.14. The van der Waals surface area contributed by atoms with E-state index in [0.29, 0.717) is 6.07 Å². The molecule has 1 atom stereocenters. The zero-order chi connectivity index (χ0) is 14.1. The third kappa shape index (κ3) is 3.06. The standard InChI is InChI=1S/C10H7BrF3NO3/c1-5(16)9(11)6-2-3-7(10(12,13)14)8(4-6)15(17)18/h2-4,9H,1H3. The summed E-state index contributed by atoms with van der Waals surface area (Å²) in [6.45, 7) is 1.23. The van der Waals surface area contributed by atoms with Crippen molar-refractivity contribution in [2.75, 3.05) is 0 Å². The Morgan fingerprint density at radius 1 is 1.44 bits per heavy atom. The number of benzene rings is 1. The van der Waals surface area contributed by atoms with Gasteiger partial charge in [-0.05, 0) is 18.6 Å². The highest BCUT2D eigenvalue weighted by Crippen LogP contribution is 2.38. The maximum atomic E-state index is 12.5. The van der Waals surface area contributed by atoms with Gasteiger partial charge in [0.1, 0.15) is 11.3 Å². The fourth-order valence-corrected chi connectivity index (χ4v) is 1.62. The molecular weight excluding hydrogens is 319 g/mol. The number of nitro benzene ring substituents is 1. The zero-order valence-corrected chi connectivity index (χ0v) is 10.6. The van der Waals surface area contributed by atoms with E-state index in [1.54, 1.807) is 0 Å². The third-order valence-electron chi connectivity index (χ3n) is 2.17. The number of carbonyl (C=O) groups excluding carboxylic acids is 1. The van der Waals surface area contributed by atoms with E-state index in [2.05, 4.69) is 15.9 Å². The SMILES string of the molecule is CC(=O)C(Br)c1ccc(C(F)(F)F)c([N+](=O)[O-])c1. The molecule has 1 aromatic rings. The number of nitrogens with zero attached hydrogens (tertiary/aromatic N) is 1. The van der Waals surface area contributed by atoms with Crippen LogP contribution < -0.4 is 0 Å². The average Bonchev–Trinajstić information content (AvgIpc) is 2.25. The summed E-state index contributed by atoms with van der Waals surface area (Å²) in [6.07, 6.45) is -4.81. The molecule has 0 heterocycles. The Kier molecular flexibility index (Phi) is 4.10. The van der Waals surface area contributed by atoms with Crippen LogP contribution in [-0.2, 0) is 11.0 Å². The molecule has 1 rings (SSSR count). The molecule has 0 aliphatic carbocycles. The summed E-state index contributed by atoms with van der Waals surface area (Å²) < 4.78 is 37.6. The lowest BCUT2D eigenvalue weighted by Crippen LogP contribution is -2.10. The highest BCUT2D eigenvalue weighted by atomic mass is 79.9. The maximum Gasteiger partial charge on any atom is 0.422 e. The molecule has 8 heteroatoms. The second-order valence-electron chi connectivity index (χ2n) is 3.50. The van der Waals surface area contributed by atoms with Gasteiger partial charge in [0, 0.05) is 6.07 Å². The summed E-state index contributed by atoms with van der Waals surface area (Å²) in [5, 5.41) is 10.6. The molecule has 0 aromatic heterocycles. The first-order valence-corrected chi connectivity index (χ1v) is 5.56. The minimum absolute atomic E-state index is 0.113. The number of Topliss-reactive ketones (excluding diaryl/α,β-unsaturated/α-hetero) is 1. The van der Waals surface area contributed by atoms with Gasteiger partial charge in [-0.15, -0.1) is 0 Å². The van der Waals surface area contributed by atoms with Crippen molar-refractivity contribution in [3.05, 3.63) is 39.4 Å². The van der Waals surface area contributed by atoms with Crippen molar-refractivity contribution in [2.45, 2.75) is 17.9 Å². The molecule has 1 unspecified atom stereocenters. The minimum atomic E-state index is -4.81. The van der Waals surface area contributed by atoms with Gasteiger partial charge >= 0.3 is 6.18 Å². The van der Waals surface area contributed by atoms with E-state index in [1.807, 2.05) is 0 Å². The highest BCUT2D eigenvalue weighted by Gasteiger charge is 2.38. The van der Waals surface area contributed by atoms with Crippen LogP contribution in [0.4, 0.5) is 18.9 Å². The molecule has 4 nitrogen and oxygen atoms in total. The van der Waals surface area contributed by atoms with Crippen molar-refractivity contribution in [1.29, 1.82) is 0 Å². The number of hydrogen-bond donors (Lipinski definition) is 0. The van der Waals surface area contributed by atoms with E-state index < -0.39 is 27.2 Å². The fraction of sp³-hybridized carbons (Fsp3) is 0.300. The average molecular weight is 326 g/mol. The van der Waals surface area contributed by atoms with Crippen LogP contribution in [0, 0.1) is 10.1 Å². The van der Waals surface area contributed by atoms with Crippen LogP contribution in [0.2, 0.25) is 0 Å². The van der Waals surface area contributed by atoms with E-state index in [9.17, 15) is 28.1 Å². The third-order valence-corrected chi connectivity index (χ3v) is 3.35. The van der Waals surface area contributed by atoms with Crippen LogP contribution in [-0.4, -0.2) is 10.7 Å². The van der Waals surface area contributed by atoms with Crippen LogP contribution in [0.1, 0.15) is 22.9 Å². The van der Waals surface area contributed by atoms with Gasteiger partial charge in [-0.25, -0.2) is 0 Å². The molecule has 0 amide bonds. The van der Waals surface area contributed by atoms with Crippen molar-refractivity contribution in [3.63, 3.8) is 0 Å². The molecule has 98 valence electrons. The van der Waals surface area contributed by atoms with Crippen molar-refractivity contribution in [3.8, 4) is 0 Å². The molecule has 0 bridgehead atoms. The van der Waals surface area contributed by atoms with Crippen molar-refractivity contribution < 1.29 is 22.9 Å². The topological polar surface area (TPSA) is 60.2 Å². The predicted octanol–water partition coefficient (Wildman–Crippen LogP) is 3.64. The molecule has 0 radical (unpaired) electrons. The van der Waals surface area contributed by atoms with Gasteiger partial charge in [0.15, 0.2) is 0 Å². The number of hydrogen-bond acceptors (Lipinski definition) is 3. The van der Waals surface area contributed by atoms with Crippen LogP contribution in [0.15, 0.2) is 18.2 Å². The molecule has 1 aromatic carbocycles. The number of nitro groups is 1. The summed E-state index contributed by atoms with van der Waals surface area (Å²) in [7, 11) is 0. The molecule has 0 saturated heterocycles. The minimum Gasteiger partial charge on any atom is -0.298 e. The van der Waals surface area contributed by atoms with Crippen LogP contribution in [0.3, 0.4) is 0 Å². The maximum absolute atomic E-state index is 12.5. The highest BCUT2D eigenvalue weighted by molar-refractivity contribution is 9.09. The second kappa shape index (κ2) is 5.05. The summed E-state index contributed by atoms with van der Waals surface area (Å²) in [5.74, 6) is -0.357. The quantitative estimate of drug-likeness (QED) is 0.484. The fourth-order valence-electron chi connectivity index (χ4n) is 1.33. The number of halogens is 4. The predicted molar refractivity (Wildman–Crippen MR) is 60.4 cm³/mol. The first kappa shape index (κ1) is 14.6. The van der Waals surface area contributed by atoms with Crippen LogP contribution in [0.25, 0.3) is 0 Å². The lowest BCUT2D eigenvalue weighted by molar-refractivity contribution is -0.388. The van der Waals surface area contributed by atoms with Crippen molar-refractivity contribution >= 4 is 27.4 Å². The lowest BCUT2D eigenvalue weighted by atomic mass is 10.0. The summed E-state index contributed by atoms with van der Waals surface area (Å²) in [5.41, 5.74) is -2.28. The van der Waals surface area contributed by atoms with E-state index in [0.717, 1.165) is 12.1 Å². The van der Waals surface area contributed by atoms with Gasteiger partial charge in [-0.2, -0.15) is 13.2 Å². The molecule has 0 N–H and O–H groups in total. The van der Waals surface area contributed by atoms with Gasteiger partial charge in [-0.1, -0.05) is 22.0 Å². The van der Waals surface area contributed by atoms with Crippen LogP contribution >= 0.6 is 15.9 Å². The molecule has 0 spiro atoms. The number of carbonyl (C=O) groups is 1. The van der Waals surface area contributed by atoms with E-state index >= 15 is 0 Å². The number of rotatable bonds is 3. The monoisotopic (exact) mass is 325 g/mol. The molecule has 18 heavy (non-hydrogen) atoms. The molecule has 0 saturated carbocycles. The number of alkyl halides is 4. The zero-order valence-electron chi connectivity index (χ0n) is 8.99. The Morgan fingerprint density at radius 2 is 2.00 bits per heavy atom. The van der Waals surface area contributed by atoms with Crippen LogP contribution in [0.5, 0.6) is 0 Å². The smallest absolute Gasteiger partial charge is 0.298 e. The first-order valence-electron chi connectivity index (χ1n) is 4.64. The molecule has 0 fully saturated rings. The summed E-state index contributed by atoms with van der Waals surface area (Å²) in [4.78, 5) is 19.7. The molecule has 0 aliphatic rings. The number of ketones is 1. The van der Waals surface area contributed by atoms with Gasteiger partial charge < -0.3 is 0 Å². The summed E-state index contributed by atoms with van der Waals surface area (Å²) >= 11 is 2.96. The van der Waals surface area contributed by atoms with E-state index in [-0.39, 0.29) is 11.3 Å².